The van der Waals surface area contributed by atoms with Gasteiger partial charge in [0.1, 0.15) is 17.0 Å². The largest absolute Gasteiger partial charge is 0.369 e. The van der Waals surface area contributed by atoms with Crippen LogP contribution in [0.4, 0.5) is 5.82 Å². The van der Waals surface area contributed by atoms with Crippen LogP contribution in [0, 0.1) is 5.41 Å². The highest BCUT2D eigenvalue weighted by Crippen LogP contribution is 2.49. The first-order chi connectivity index (χ1) is 8.33. The average Bonchev–Trinajstić information content (AvgIpc) is 2.92. The van der Waals surface area contributed by atoms with Crippen LogP contribution in [-0.4, -0.2) is 22.4 Å². The van der Waals surface area contributed by atoms with Crippen molar-refractivity contribution < 1.29 is 0 Å². The predicted molar refractivity (Wildman–Crippen MR) is 72.9 cm³/mol. The van der Waals surface area contributed by atoms with E-state index in [4.69, 9.17) is 11.6 Å². The van der Waals surface area contributed by atoms with Gasteiger partial charge in [-0.15, -0.1) is 22.9 Å². The molecule has 0 aromatic carbocycles. The van der Waals surface area contributed by atoms with E-state index in [1.165, 1.54) is 12.8 Å². The summed E-state index contributed by atoms with van der Waals surface area (Å²) in [5.41, 5.74) is 0.426. The van der Waals surface area contributed by atoms with Gasteiger partial charge in [0.05, 0.1) is 5.39 Å². The molecule has 5 heteroatoms. The van der Waals surface area contributed by atoms with Gasteiger partial charge in [0.2, 0.25) is 0 Å². The second-order valence-electron chi connectivity index (χ2n) is 4.65. The van der Waals surface area contributed by atoms with Gasteiger partial charge in [0, 0.05) is 12.4 Å². The molecule has 2 aromatic rings. The van der Waals surface area contributed by atoms with Gasteiger partial charge in [-0.2, -0.15) is 0 Å². The highest BCUT2D eigenvalue weighted by Gasteiger charge is 2.41. The zero-order valence-electron chi connectivity index (χ0n) is 9.45. The highest BCUT2D eigenvalue weighted by atomic mass is 35.5. The highest BCUT2D eigenvalue weighted by molar-refractivity contribution is 7.16. The lowest BCUT2D eigenvalue weighted by Crippen LogP contribution is -2.16. The fourth-order valence-corrected chi connectivity index (χ4v) is 3.23. The Morgan fingerprint density at radius 1 is 1.41 bits per heavy atom. The number of nitrogens with zero attached hydrogens (tertiary/aromatic N) is 2. The molecule has 2 aromatic heterocycles. The summed E-state index contributed by atoms with van der Waals surface area (Å²) in [7, 11) is 0. The van der Waals surface area contributed by atoms with Crippen LogP contribution < -0.4 is 5.32 Å². The Hall–Kier alpha value is -0.870. The molecule has 0 aliphatic heterocycles. The first-order valence-electron chi connectivity index (χ1n) is 5.81. The maximum Gasteiger partial charge on any atom is 0.138 e. The Labute approximate surface area is 109 Å². The van der Waals surface area contributed by atoms with E-state index in [0.29, 0.717) is 5.41 Å². The first-order valence-corrected chi connectivity index (χ1v) is 7.22. The number of aromatic nitrogens is 2. The number of hydrogen-bond acceptors (Lipinski definition) is 4. The van der Waals surface area contributed by atoms with Crippen molar-refractivity contribution in [2.75, 3.05) is 17.7 Å². The fraction of sp³-hybridized carbons (Fsp3) is 0.500. The van der Waals surface area contributed by atoms with E-state index < -0.39 is 0 Å². The standard InChI is InChI=1S/C12H14ClN3S/c13-5-4-12(2-3-12)7-14-10-9-1-6-17-11(9)16-8-15-10/h1,6,8H,2-5,7H2,(H,14,15,16). The van der Waals surface area contributed by atoms with Crippen molar-refractivity contribution in [3.63, 3.8) is 0 Å². The summed E-state index contributed by atoms with van der Waals surface area (Å²) in [4.78, 5) is 9.61. The van der Waals surface area contributed by atoms with E-state index in [1.807, 2.05) is 0 Å². The number of alkyl halides is 1. The Bertz CT molecular complexity index is 521. The predicted octanol–water partition coefficient (Wildman–Crippen LogP) is 3.51. The number of halogens is 1. The third-order valence-electron chi connectivity index (χ3n) is 3.47. The summed E-state index contributed by atoms with van der Waals surface area (Å²) in [6.45, 7) is 0.974. The molecule has 2 heterocycles. The Morgan fingerprint density at radius 2 is 2.29 bits per heavy atom. The Kier molecular flexibility index (Phi) is 2.92. The molecule has 90 valence electrons. The molecule has 0 unspecified atom stereocenters. The number of anilines is 1. The van der Waals surface area contributed by atoms with Crippen LogP contribution >= 0.6 is 22.9 Å². The molecule has 0 saturated heterocycles. The van der Waals surface area contributed by atoms with Crippen LogP contribution in [-0.2, 0) is 0 Å². The zero-order valence-corrected chi connectivity index (χ0v) is 11.0. The van der Waals surface area contributed by atoms with Gasteiger partial charge < -0.3 is 5.32 Å². The van der Waals surface area contributed by atoms with Crippen molar-refractivity contribution in [2.24, 2.45) is 5.41 Å². The molecule has 3 nitrogen and oxygen atoms in total. The minimum absolute atomic E-state index is 0.426. The monoisotopic (exact) mass is 267 g/mol. The minimum atomic E-state index is 0.426. The molecule has 1 aliphatic carbocycles. The Balaban J connectivity index is 1.75. The zero-order chi connectivity index (χ0) is 11.7. The van der Waals surface area contributed by atoms with Gasteiger partial charge in [0.25, 0.3) is 0 Å². The maximum absolute atomic E-state index is 5.83. The second kappa shape index (κ2) is 4.42. The lowest BCUT2D eigenvalue weighted by molar-refractivity contribution is 0.524. The van der Waals surface area contributed by atoms with Gasteiger partial charge in [-0.3, -0.25) is 0 Å². The minimum Gasteiger partial charge on any atom is -0.369 e. The smallest absolute Gasteiger partial charge is 0.138 e. The normalized spacial score (nSPS) is 17.2. The summed E-state index contributed by atoms with van der Waals surface area (Å²) in [5.74, 6) is 1.70. The molecule has 3 rings (SSSR count). The molecule has 0 spiro atoms. The summed E-state index contributed by atoms with van der Waals surface area (Å²) < 4.78 is 0. The molecule has 0 amide bonds. The van der Waals surface area contributed by atoms with E-state index in [-0.39, 0.29) is 0 Å². The SMILES string of the molecule is ClCCC1(CNc2ncnc3sccc23)CC1. The van der Waals surface area contributed by atoms with E-state index in [2.05, 4.69) is 26.7 Å². The number of hydrogen-bond donors (Lipinski definition) is 1. The van der Waals surface area contributed by atoms with Gasteiger partial charge in [-0.05, 0) is 36.1 Å². The van der Waals surface area contributed by atoms with Crippen molar-refractivity contribution in [3.8, 4) is 0 Å². The molecule has 0 atom stereocenters. The summed E-state index contributed by atoms with van der Waals surface area (Å²) in [6, 6.07) is 2.07. The van der Waals surface area contributed by atoms with Crippen molar-refractivity contribution >= 4 is 39.0 Å². The van der Waals surface area contributed by atoms with Gasteiger partial charge >= 0.3 is 0 Å². The molecule has 0 bridgehead atoms. The average molecular weight is 268 g/mol. The fourth-order valence-electron chi connectivity index (χ4n) is 2.09. The quantitative estimate of drug-likeness (QED) is 0.843. The first kappa shape index (κ1) is 11.2. The van der Waals surface area contributed by atoms with Crippen molar-refractivity contribution in [1.29, 1.82) is 0 Å². The van der Waals surface area contributed by atoms with Crippen LogP contribution in [0.25, 0.3) is 10.2 Å². The second-order valence-corrected chi connectivity index (χ2v) is 5.93. The van der Waals surface area contributed by atoms with Crippen LogP contribution in [0.1, 0.15) is 19.3 Å². The molecule has 1 N–H and O–H groups in total. The van der Waals surface area contributed by atoms with Crippen molar-refractivity contribution in [2.45, 2.75) is 19.3 Å². The molecule has 1 aliphatic rings. The molecule has 1 saturated carbocycles. The number of fused-ring (bicyclic) bond motifs is 1. The lowest BCUT2D eigenvalue weighted by Gasteiger charge is -2.15. The van der Waals surface area contributed by atoms with Crippen LogP contribution in [0.15, 0.2) is 17.8 Å². The van der Waals surface area contributed by atoms with E-state index in [0.717, 1.165) is 34.9 Å². The topological polar surface area (TPSA) is 37.8 Å². The van der Waals surface area contributed by atoms with Crippen LogP contribution in [0.5, 0.6) is 0 Å². The van der Waals surface area contributed by atoms with Crippen molar-refractivity contribution in [3.05, 3.63) is 17.8 Å². The Morgan fingerprint density at radius 3 is 3.06 bits per heavy atom. The van der Waals surface area contributed by atoms with E-state index >= 15 is 0 Å². The van der Waals surface area contributed by atoms with Crippen molar-refractivity contribution in [1.82, 2.24) is 9.97 Å². The third kappa shape index (κ3) is 2.24. The van der Waals surface area contributed by atoms with Gasteiger partial charge in [0.15, 0.2) is 0 Å². The lowest BCUT2D eigenvalue weighted by atomic mass is 10.0. The van der Waals surface area contributed by atoms with E-state index in [9.17, 15) is 0 Å². The molecule has 0 radical (unpaired) electrons. The van der Waals surface area contributed by atoms with Gasteiger partial charge in [-0.1, -0.05) is 0 Å². The molecule has 17 heavy (non-hydrogen) atoms. The van der Waals surface area contributed by atoms with E-state index in [1.54, 1.807) is 17.7 Å². The summed E-state index contributed by atoms with van der Waals surface area (Å²) in [5, 5.41) is 6.63. The van der Waals surface area contributed by atoms with Gasteiger partial charge in [-0.25, -0.2) is 9.97 Å². The molecular weight excluding hydrogens is 254 g/mol. The summed E-state index contributed by atoms with van der Waals surface area (Å²) >= 11 is 7.48. The maximum atomic E-state index is 5.83. The number of rotatable bonds is 5. The molecular formula is C12H14ClN3S. The van der Waals surface area contributed by atoms with Crippen LogP contribution in [0.2, 0.25) is 0 Å². The third-order valence-corrected chi connectivity index (χ3v) is 4.48. The van der Waals surface area contributed by atoms with Crippen LogP contribution in [0.3, 0.4) is 0 Å². The summed E-state index contributed by atoms with van der Waals surface area (Å²) in [6.07, 6.45) is 5.29. The molecule has 1 fully saturated rings. The number of nitrogens with one attached hydrogen (secondary N) is 1. The number of thiophene rings is 1.